The first-order valence-electron chi connectivity index (χ1n) is 12.9. The van der Waals surface area contributed by atoms with Crippen LogP contribution in [0.4, 0.5) is 0 Å². The molecule has 0 spiro atoms. The van der Waals surface area contributed by atoms with Crippen molar-refractivity contribution in [1.29, 1.82) is 0 Å². The fourth-order valence-corrected chi connectivity index (χ4v) is 5.03. The average molecular weight is 406 g/mol. The lowest BCUT2D eigenvalue weighted by Gasteiger charge is -2.28. The van der Waals surface area contributed by atoms with Gasteiger partial charge in [0.2, 0.25) is 0 Å². The van der Waals surface area contributed by atoms with Crippen molar-refractivity contribution >= 4 is 0 Å². The van der Waals surface area contributed by atoms with Crippen LogP contribution in [0.1, 0.15) is 114 Å². The summed E-state index contributed by atoms with van der Waals surface area (Å²) in [5.74, 6) is 1.65. The number of nitrogens with zero attached hydrogens (tertiary/aromatic N) is 1. The summed E-state index contributed by atoms with van der Waals surface area (Å²) in [6.07, 6.45) is 21.1. The highest BCUT2D eigenvalue weighted by molar-refractivity contribution is 5.62. The van der Waals surface area contributed by atoms with Crippen molar-refractivity contribution in [3.8, 4) is 11.1 Å². The van der Waals surface area contributed by atoms with Crippen LogP contribution in [0.3, 0.4) is 0 Å². The number of unbranched alkanes of at least 4 members (excludes halogenated alkanes) is 6. The first-order valence-corrected chi connectivity index (χ1v) is 12.9. The monoisotopic (exact) mass is 405 g/mol. The van der Waals surface area contributed by atoms with Crippen molar-refractivity contribution in [2.75, 3.05) is 0 Å². The van der Waals surface area contributed by atoms with Gasteiger partial charge in [0.25, 0.3) is 0 Å². The third-order valence-electron chi connectivity index (χ3n) is 7.12. The molecule has 3 rings (SSSR count). The Bertz CT molecular complexity index is 692. The molecular formula is C29H43N. The molecule has 164 valence electrons. The van der Waals surface area contributed by atoms with E-state index in [0.29, 0.717) is 5.92 Å². The molecule has 0 N–H and O–H groups in total. The van der Waals surface area contributed by atoms with Gasteiger partial charge in [0.05, 0.1) is 0 Å². The van der Waals surface area contributed by atoms with E-state index in [2.05, 4.69) is 56.4 Å². The molecule has 0 amide bonds. The molecule has 1 fully saturated rings. The zero-order chi connectivity index (χ0) is 21.0. The minimum Gasteiger partial charge on any atom is -0.260 e. The van der Waals surface area contributed by atoms with Gasteiger partial charge in [-0.3, -0.25) is 4.98 Å². The SMILES string of the molecule is CCCCCCCCc1ccc(-c2ccc(C3CCC(CCCC)CC3)nc2)cc1. The van der Waals surface area contributed by atoms with Crippen molar-refractivity contribution in [2.24, 2.45) is 5.92 Å². The summed E-state index contributed by atoms with van der Waals surface area (Å²) >= 11 is 0. The molecule has 1 aromatic heterocycles. The summed E-state index contributed by atoms with van der Waals surface area (Å²) in [5, 5.41) is 0. The molecule has 2 aromatic rings. The van der Waals surface area contributed by atoms with E-state index >= 15 is 0 Å². The Morgan fingerprint density at radius 3 is 2.03 bits per heavy atom. The van der Waals surface area contributed by atoms with Crippen LogP contribution in [0.2, 0.25) is 0 Å². The Kier molecular flexibility index (Phi) is 9.93. The summed E-state index contributed by atoms with van der Waals surface area (Å²) in [6.45, 7) is 4.59. The van der Waals surface area contributed by atoms with Crippen molar-refractivity contribution < 1.29 is 0 Å². The van der Waals surface area contributed by atoms with E-state index in [1.807, 2.05) is 0 Å². The third kappa shape index (κ3) is 7.25. The molecular weight excluding hydrogens is 362 g/mol. The fourth-order valence-electron chi connectivity index (χ4n) is 5.03. The smallest absolute Gasteiger partial charge is 0.0434 e. The number of hydrogen-bond acceptors (Lipinski definition) is 1. The van der Waals surface area contributed by atoms with Crippen LogP contribution in [0.5, 0.6) is 0 Å². The summed E-state index contributed by atoms with van der Waals surface area (Å²) in [6, 6.07) is 13.8. The molecule has 1 saturated carbocycles. The van der Waals surface area contributed by atoms with Crippen molar-refractivity contribution in [2.45, 2.75) is 110 Å². The van der Waals surface area contributed by atoms with Crippen LogP contribution in [0.15, 0.2) is 42.6 Å². The first kappa shape index (κ1) is 23.0. The maximum atomic E-state index is 4.87. The van der Waals surface area contributed by atoms with Crippen molar-refractivity contribution in [3.63, 3.8) is 0 Å². The maximum absolute atomic E-state index is 4.87. The highest BCUT2D eigenvalue weighted by Crippen LogP contribution is 2.37. The van der Waals surface area contributed by atoms with Gasteiger partial charge in [-0.2, -0.15) is 0 Å². The van der Waals surface area contributed by atoms with E-state index in [4.69, 9.17) is 4.98 Å². The predicted octanol–water partition coefficient (Wildman–Crippen LogP) is 9.12. The lowest BCUT2D eigenvalue weighted by Crippen LogP contribution is -2.14. The van der Waals surface area contributed by atoms with Crippen LogP contribution >= 0.6 is 0 Å². The molecule has 0 saturated heterocycles. The van der Waals surface area contributed by atoms with E-state index < -0.39 is 0 Å². The van der Waals surface area contributed by atoms with Crippen LogP contribution in [-0.4, -0.2) is 4.98 Å². The average Bonchev–Trinajstić information content (AvgIpc) is 2.81. The Hall–Kier alpha value is -1.63. The molecule has 1 nitrogen and oxygen atoms in total. The number of aromatic nitrogens is 1. The summed E-state index contributed by atoms with van der Waals surface area (Å²) in [4.78, 5) is 4.87. The van der Waals surface area contributed by atoms with Gasteiger partial charge in [-0.25, -0.2) is 0 Å². The Morgan fingerprint density at radius 1 is 0.700 bits per heavy atom. The molecule has 0 aliphatic heterocycles. The molecule has 0 atom stereocenters. The zero-order valence-corrected chi connectivity index (χ0v) is 19.5. The second kappa shape index (κ2) is 12.9. The molecule has 1 aromatic carbocycles. The largest absolute Gasteiger partial charge is 0.260 e. The maximum Gasteiger partial charge on any atom is 0.0434 e. The van der Waals surface area contributed by atoms with E-state index in [1.165, 1.54) is 112 Å². The van der Waals surface area contributed by atoms with Crippen molar-refractivity contribution in [1.82, 2.24) is 4.98 Å². The highest BCUT2D eigenvalue weighted by atomic mass is 14.7. The van der Waals surface area contributed by atoms with Crippen LogP contribution in [0, 0.1) is 5.92 Å². The Labute approximate surface area is 185 Å². The van der Waals surface area contributed by atoms with Crippen LogP contribution < -0.4 is 0 Å². The van der Waals surface area contributed by atoms with Crippen LogP contribution in [-0.2, 0) is 6.42 Å². The highest BCUT2D eigenvalue weighted by Gasteiger charge is 2.22. The van der Waals surface area contributed by atoms with E-state index in [1.54, 1.807) is 0 Å². The van der Waals surface area contributed by atoms with Crippen molar-refractivity contribution in [3.05, 3.63) is 53.9 Å². The van der Waals surface area contributed by atoms with Gasteiger partial charge < -0.3 is 0 Å². The quantitative estimate of drug-likeness (QED) is 0.321. The normalized spacial score (nSPS) is 19.1. The van der Waals surface area contributed by atoms with Gasteiger partial charge in [-0.05, 0) is 61.6 Å². The first-order chi connectivity index (χ1) is 14.8. The number of hydrogen-bond donors (Lipinski definition) is 0. The summed E-state index contributed by atoms with van der Waals surface area (Å²) in [5.41, 5.74) is 5.33. The van der Waals surface area contributed by atoms with E-state index in [-0.39, 0.29) is 0 Å². The standard InChI is InChI=1S/C29H43N/c1-3-5-7-8-9-10-12-25-13-17-26(18-14-25)28-21-22-29(30-23-28)27-19-15-24(16-20-27)11-6-4-2/h13-14,17-18,21-24,27H,3-12,15-16,19-20H2,1-2H3. The molecule has 1 aliphatic rings. The minimum absolute atomic E-state index is 0.677. The number of aryl methyl sites for hydroxylation is 1. The fraction of sp³-hybridized carbons (Fsp3) is 0.621. The lowest BCUT2D eigenvalue weighted by molar-refractivity contribution is 0.301. The van der Waals surface area contributed by atoms with Gasteiger partial charge in [0.1, 0.15) is 0 Å². The number of rotatable bonds is 12. The minimum atomic E-state index is 0.677. The molecule has 1 heteroatoms. The van der Waals surface area contributed by atoms with Crippen LogP contribution in [0.25, 0.3) is 11.1 Å². The summed E-state index contributed by atoms with van der Waals surface area (Å²) in [7, 11) is 0. The molecule has 1 aliphatic carbocycles. The van der Waals surface area contributed by atoms with E-state index in [0.717, 1.165) is 5.92 Å². The Balaban J connectivity index is 1.45. The second-order valence-electron chi connectivity index (χ2n) is 9.55. The van der Waals surface area contributed by atoms with Gasteiger partial charge in [-0.15, -0.1) is 0 Å². The van der Waals surface area contributed by atoms with Gasteiger partial charge in [0.15, 0.2) is 0 Å². The third-order valence-corrected chi connectivity index (χ3v) is 7.12. The lowest BCUT2D eigenvalue weighted by atomic mass is 9.78. The predicted molar refractivity (Wildman–Crippen MR) is 131 cm³/mol. The number of benzene rings is 1. The molecule has 0 radical (unpaired) electrons. The zero-order valence-electron chi connectivity index (χ0n) is 19.5. The summed E-state index contributed by atoms with van der Waals surface area (Å²) < 4.78 is 0. The van der Waals surface area contributed by atoms with Gasteiger partial charge >= 0.3 is 0 Å². The topological polar surface area (TPSA) is 12.9 Å². The molecule has 30 heavy (non-hydrogen) atoms. The molecule has 0 bridgehead atoms. The number of pyridine rings is 1. The van der Waals surface area contributed by atoms with Gasteiger partial charge in [0, 0.05) is 23.4 Å². The Morgan fingerprint density at radius 2 is 1.37 bits per heavy atom. The van der Waals surface area contributed by atoms with E-state index in [9.17, 15) is 0 Å². The molecule has 0 unspecified atom stereocenters. The second-order valence-corrected chi connectivity index (χ2v) is 9.55. The molecule has 1 heterocycles. The van der Waals surface area contributed by atoms with Gasteiger partial charge in [-0.1, -0.05) is 95.5 Å².